The van der Waals surface area contributed by atoms with Crippen molar-refractivity contribution in [3.05, 3.63) is 71.3 Å². The van der Waals surface area contributed by atoms with E-state index in [1.807, 2.05) is 63.2 Å². The molecule has 0 aliphatic rings. The van der Waals surface area contributed by atoms with Gasteiger partial charge in [-0.25, -0.2) is 4.79 Å². The van der Waals surface area contributed by atoms with E-state index in [0.29, 0.717) is 19.6 Å². The largest absolute Gasteiger partial charge is 0.445 e. The molecule has 146 valence electrons. The highest BCUT2D eigenvalue weighted by molar-refractivity contribution is 5.67. The van der Waals surface area contributed by atoms with Crippen molar-refractivity contribution in [1.82, 2.24) is 5.32 Å². The number of benzene rings is 2. The number of alkyl carbamates (subject to hydrolysis) is 1. The third-order valence-corrected chi connectivity index (χ3v) is 4.08. The monoisotopic (exact) mass is 371 g/mol. The molecule has 5 nitrogen and oxygen atoms in total. The summed E-state index contributed by atoms with van der Waals surface area (Å²) in [6.07, 6.45) is -0.434. The van der Waals surface area contributed by atoms with Gasteiger partial charge in [-0.05, 0) is 38.3 Å². The smallest absolute Gasteiger partial charge is 0.407 e. The molecule has 1 atom stereocenters. The fourth-order valence-electron chi connectivity index (χ4n) is 2.72. The van der Waals surface area contributed by atoms with Gasteiger partial charge in [0.1, 0.15) is 6.61 Å². The highest BCUT2D eigenvalue weighted by Gasteiger charge is 2.25. The van der Waals surface area contributed by atoms with Crippen LogP contribution in [0.5, 0.6) is 0 Å². The van der Waals surface area contributed by atoms with Gasteiger partial charge in [0.25, 0.3) is 0 Å². The van der Waals surface area contributed by atoms with Crippen molar-refractivity contribution >= 4 is 6.09 Å². The van der Waals surface area contributed by atoms with Gasteiger partial charge in [0.15, 0.2) is 6.29 Å². The van der Waals surface area contributed by atoms with Crippen LogP contribution in [0.3, 0.4) is 0 Å². The molecule has 0 aromatic heterocycles. The SMILES string of the molecule is CCOC(OCC)C(Cc1ccc(C)cc1)NC(=O)OCc1ccccc1. The second-order valence-corrected chi connectivity index (χ2v) is 6.28. The first-order chi connectivity index (χ1) is 13.1. The van der Waals surface area contributed by atoms with Gasteiger partial charge in [0.05, 0.1) is 6.04 Å². The third-order valence-electron chi connectivity index (χ3n) is 4.08. The Bertz CT molecular complexity index is 666. The van der Waals surface area contributed by atoms with Crippen LogP contribution in [0.25, 0.3) is 0 Å². The lowest BCUT2D eigenvalue weighted by Crippen LogP contribution is -2.47. The van der Waals surface area contributed by atoms with Crippen molar-refractivity contribution in [1.29, 1.82) is 0 Å². The van der Waals surface area contributed by atoms with Crippen LogP contribution < -0.4 is 5.32 Å². The molecule has 0 aliphatic heterocycles. The summed E-state index contributed by atoms with van der Waals surface area (Å²) in [7, 11) is 0. The average Bonchev–Trinajstić information content (AvgIpc) is 2.68. The summed E-state index contributed by atoms with van der Waals surface area (Å²) in [6, 6.07) is 17.4. The van der Waals surface area contributed by atoms with Crippen LogP contribution in [0.4, 0.5) is 4.79 Å². The van der Waals surface area contributed by atoms with E-state index in [1.54, 1.807) is 0 Å². The summed E-state index contributed by atoms with van der Waals surface area (Å²) in [6.45, 7) is 7.07. The number of amides is 1. The summed E-state index contributed by atoms with van der Waals surface area (Å²) >= 11 is 0. The van der Waals surface area contributed by atoms with Crippen LogP contribution in [0.2, 0.25) is 0 Å². The molecule has 1 amide bonds. The summed E-state index contributed by atoms with van der Waals surface area (Å²) in [5, 5.41) is 2.91. The molecule has 0 radical (unpaired) electrons. The van der Waals surface area contributed by atoms with E-state index >= 15 is 0 Å². The van der Waals surface area contributed by atoms with Crippen molar-refractivity contribution in [3.63, 3.8) is 0 Å². The molecule has 1 N–H and O–H groups in total. The van der Waals surface area contributed by atoms with Crippen molar-refractivity contribution in [2.24, 2.45) is 0 Å². The lowest BCUT2D eigenvalue weighted by molar-refractivity contribution is -0.152. The fourth-order valence-corrected chi connectivity index (χ4v) is 2.72. The van der Waals surface area contributed by atoms with E-state index in [1.165, 1.54) is 5.56 Å². The van der Waals surface area contributed by atoms with E-state index in [-0.39, 0.29) is 12.6 Å². The van der Waals surface area contributed by atoms with Gasteiger partial charge >= 0.3 is 6.09 Å². The zero-order valence-corrected chi connectivity index (χ0v) is 16.3. The van der Waals surface area contributed by atoms with Crippen molar-refractivity contribution in [2.75, 3.05) is 13.2 Å². The molecule has 2 aromatic rings. The standard InChI is InChI=1S/C22H29NO4/c1-4-25-21(26-5-2)20(15-18-13-11-17(3)12-14-18)23-22(24)27-16-19-9-7-6-8-10-19/h6-14,20-21H,4-5,15-16H2,1-3H3,(H,23,24). The van der Waals surface area contributed by atoms with Crippen LogP contribution in [-0.2, 0) is 27.2 Å². The van der Waals surface area contributed by atoms with Crippen LogP contribution in [0.1, 0.15) is 30.5 Å². The minimum Gasteiger partial charge on any atom is -0.445 e. The highest BCUT2D eigenvalue weighted by Crippen LogP contribution is 2.12. The Morgan fingerprint density at radius 3 is 2.15 bits per heavy atom. The molecule has 0 saturated heterocycles. The Hall–Kier alpha value is -2.37. The molecule has 2 rings (SSSR count). The molecule has 0 fully saturated rings. The molecule has 0 heterocycles. The van der Waals surface area contributed by atoms with Crippen molar-refractivity contribution < 1.29 is 19.0 Å². The zero-order chi connectivity index (χ0) is 19.5. The molecule has 0 aliphatic carbocycles. The minimum atomic E-state index is -0.537. The first-order valence-corrected chi connectivity index (χ1v) is 9.38. The molecule has 1 unspecified atom stereocenters. The molecular formula is C22H29NO4. The summed E-state index contributed by atoms with van der Waals surface area (Å²) in [5.74, 6) is 0. The summed E-state index contributed by atoms with van der Waals surface area (Å²) in [4.78, 5) is 12.3. The Morgan fingerprint density at radius 1 is 0.926 bits per heavy atom. The Morgan fingerprint density at radius 2 is 1.56 bits per heavy atom. The highest BCUT2D eigenvalue weighted by atomic mass is 16.7. The van der Waals surface area contributed by atoms with Crippen molar-refractivity contribution in [2.45, 2.75) is 46.1 Å². The van der Waals surface area contributed by atoms with Gasteiger partial charge in [-0.2, -0.15) is 0 Å². The van der Waals surface area contributed by atoms with E-state index in [4.69, 9.17) is 14.2 Å². The first kappa shape index (κ1) is 20.9. The molecule has 0 bridgehead atoms. The Labute approximate surface area is 161 Å². The maximum atomic E-state index is 12.3. The molecule has 0 spiro atoms. The third kappa shape index (κ3) is 7.41. The molecule has 5 heteroatoms. The van der Waals surface area contributed by atoms with Gasteiger partial charge in [0, 0.05) is 13.2 Å². The van der Waals surface area contributed by atoms with Crippen LogP contribution in [0.15, 0.2) is 54.6 Å². The van der Waals surface area contributed by atoms with Crippen molar-refractivity contribution in [3.8, 4) is 0 Å². The van der Waals surface area contributed by atoms with Gasteiger partial charge in [-0.3, -0.25) is 0 Å². The zero-order valence-electron chi connectivity index (χ0n) is 16.3. The second-order valence-electron chi connectivity index (χ2n) is 6.28. The Balaban J connectivity index is 2.02. The second kappa shape index (κ2) is 11.4. The molecular weight excluding hydrogens is 342 g/mol. The normalized spacial score (nSPS) is 12.0. The Kier molecular flexibility index (Phi) is 8.81. The van der Waals surface area contributed by atoms with Crippen LogP contribution >= 0.6 is 0 Å². The topological polar surface area (TPSA) is 56.8 Å². The number of rotatable bonds is 10. The number of aryl methyl sites for hydroxylation is 1. The quantitative estimate of drug-likeness (QED) is 0.635. The lowest BCUT2D eigenvalue weighted by atomic mass is 10.0. The van der Waals surface area contributed by atoms with Crippen LogP contribution in [-0.4, -0.2) is 31.6 Å². The van der Waals surface area contributed by atoms with Gasteiger partial charge in [0.2, 0.25) is 0 Å². The predicted octanol–water partition coefficient (Wildman–Crippen LogP) is 4.23. The summed E-state index contributed by atoms with van der Waals surface area (Å²) < 4.78 is 16.8. The predicted molar refractivity (Wildman–Crippen MR) is 105 cm³/mol. The molecule has 2 aromatic carbocycles. The maximum absolute atomic E-state index is 12.3. The number of carbonyl (C=O) groups is 1. The average molecular weight is 371 g/mol. The number of hydrogen-bond acceptors (Lipinski definition) is 4. The van der Waals surface area contributed by atoms with E-state index in [2.05, 4.69) is 17.4 Å². The minimum absolute atomic E-state index is 0.220. The number of nitrogens with one attached hydrogen (secondary N) is 1. The molecule has 27 heavy (non-hydrogen) atoms. The van der Waals surface area contributed by atoms with E-state index in [9.17, 15) is 4.79 Å². The number of ether oxygens (including phenoxy) is 3. The first-order valence-electron chi connectivity index (χ1n) is 9.38. The number of hydrogen-bond donors (Lipinski definition) is 1. The lowest BCUT2D eigenvalue weighted by Gasteiger charge is -2.27. The fraction of sp³-hybridized carbons (Fsp3) is 0.409. The van der Waals surface area contributed by atoms with Gasteiger partial charge < -0.3 is 19.5 Å². The van der Waals surface area contributed by atoms with Gasteiger partial charge in [-0.15, -0.1) is 0 Å². The van der Waals surface area contributed by atoms with E-state index < -0.39 is 12.4 Å². The van der Waals surface area contributed by atoms with E-state index in [0.717, 1.165) is 11.1 Å². The molecule has 0 saturated carbocycles. The maximum Gasteiger partial charge on any atom is 0.407 e. The summed E-state index contributed by atoms with van der Waals surface area (Å²) in [5.41, 5.74) is 3.23. The number of carbonyl (C=O) groups excluding carboxylic acids is 1. The van der Waals surface area contributed by atoms with Gasteiger partial charge in [-0.1, -0.05) is 60.2 Å². The van der Waals surface area contributed by atoms with Crippen LogP contribution in [0, 0.1) is 6.92 Å².